The van der Waals surface area contributed by atoms with Gasteiger partial charge in [-0.1, -0.05) is 13.3 Å². The number of aryl methyl sites for hydroxylation is 1. The molecule has 0 aliphatic carbocycles. The van der Waals surface area contributed by atoms with Crippen molar-refractivity contribution in [2.75, 3.05) is 6.61 Å². The van der Waals surface area contributed by atoms with Gasteiger partial charge in [0.05, 0.1) is 6.61 Å². The topological polar surface area (TPSA) is 98.1 Å². The number of H-pyrrole nitrogens is 1. The van der Waals surface area contributed by atoms with Crippen LogP contribution in [0.5, 0.6) is 0 Å². The average molecular weight is 309 g/mol. The third-order valence-electron chi connectivity index (χ3n) is 2.43. The van der Waals surface area contributed by atoms with Gasteiger partial charge in [0.25, 0.3) is 10.8 Å². The van der Waals surface area contributed by atoms with Crippen LogP contribution < -0.4 is 5.56 Å². The Balaban J connectivity index is 2.15. The molecule has 7 nitrogen and oxygen atoms in total. The standard InChI is InChI=1S/C13H15N3O4S/c1-3-5-8-6-10(17)16-12(14-8)21-13-15-9(7-20-13)11(18)19-4-2/h6-7H,3-5H2,1-2H3,(H,14,16,17). The van der Waals surface area contributed by atoms with Crippen molar-refractivity contribution in [1.82, 2.24) is 15.0 Å². The molecule has 0 saturated carbocycles. The van der Waals surface area contributed by atoms with Gasteiger partial charge < -0.3 is 14.1 Å². The van der Waals surface area contributed by atoms with Crippen LogP contribution in [0.2, 0.25) is 0 Å². The molecule has 0 fully saturated rings. The van der Waals surface area contributed by atoms with E-state index in [1.165, 1.54) is 12.3 Å². The van der Waals surface area contributed by atoms with Crippen molar-refractivity contribution in [2.24, 2.45) is 0 Å². The predicted octanol–water partition coefficient (Wildman–Crippen LogP) is 2.04. The lowest BCUT2D eigenvalue weighted by molar-refractivity contribution is 0.0519. The van der Waals surface area contributed by atoms with E-state index < -0.39 is 5.97 Å². The van der Waals surface area contributed by atoms with Crippen LogP contribution in [0.15, 0.2) is 31.9 Å². The minimum absolute atomic E-state index is 0.0893. The van der Waals surface area contributed by atoms with Crippen LogP contribution in [0.3, 0.4) is 0 Å². The summed E-state index contributed by atoms with van der Waals surface area (Å²) in [4.78, 5) is 33.9. The van der Waals surface area contributed by atoms with Crippen LogP contribution in [0.4, 0.5) is 0 Å². The fourth-order valence-corrected chi connectivity index (χ4v) is 2.32. The van der Waals surface area contributed by atoms with E-state index in [-0.39, 0.29) is 23.1 Å². The van der Waals surface area contributed by atoms with E-state index in [4.69, 9.17) is 9.15 Å². The van der Waals surface area contributed by atoms with Crippen molar-refractivity contribution in [3.05, 3.63) is 34.1 Å². The number of aromatic nitrogens is 3. The highest BCUT2D eigenvalue weighted by Crippen LogP contribution is 2.23. The second kappa shape index (κ2) is 7.07. The Labute approximate surface area is 125 Å². The normalized spacial score (nSPS) is 10.6. The molecule has 0 aliphatic rings. The van der Waals surface area contributed by atoms with Crippen LogP contribution in [-0.2, 0) is 11.2 Å². The highest BCUT2D eigenvalue weighted by Gasteiger charge is 2.15. The summed E-state index contributed by atoms with van der Waals surface area (Å²) in [5.74, 6) is -0.547. The number of nitrogens with zero attached hydrogens (tertiary/aromatic N) is 2. The summed E-state index contributed by atoms with van der Waals surface area (Å²) in [5.41, 5.74) is 0.570. The Morgan fingerprint density at radius 3 is 2.95 bits per heavy atom. The number of rotatable bonds is 6. The number of carbonyl (C=O) groups excluding carboxylic acids is 1. The minimum Gasteiger partial charge on any atom is -0.461 e. The largest absolute Gasteiger partial charge is 0.461 e. The zero-order valence-corrected chi connectivity index (χ0v) is 12.5. The van der Waals surface area contributed by atoms with Gasteiger partial charge >= 0.3 is 5.97 Å². The van der Waals surface area contributed by atoms with Crippen molar-refractivity contribution in [3.8, 4) is 0 Å². The van der Waals surface area contributed by atoms with Gasteiger partial charge in [0.2, 0.25) is 0 Å². The monoisotopic (exact) mass is 309 g/mol. The lowest BCUT2D eigenvalue weighted by Gasteiger charge is -2.00. The van der Waals surface area contributed by atoms with Crippen LogP contribution in [0.1, 0.15) is 36.5 Å². The number of aromatic amines is 1. The first kappa shape index (κ1) is 15.3. The van der Waals surface area contributed by atoms with Gasteiger partial charge in [0, 0.05) is 23.5 Å². The maximum absolute atomic E-state index is 11.5. The molecule has 0 atom stereocenters. The van der Waals surface area contributed by atoms with Crippen LogP contribution in [-0.4, -0.2) is 27.5 Å². The number of esters is 1. The van der Waals surface area contributed by atoms with E-state index in [1.54, 1.807) is 6.92 Å². The first-order valence-corrected chi connectivity index (χ1v) is 7.34. The van der Waals surface area contributed by atoms with Crippen molar-refractivity contribution >= 4 is 17.7 Å². The molecule has 8 heteroatoms. The SMILES string of the molecule is CCCc1cc(=O)[nH]c(Sc2nc(C(=O)OCC)co2)n1. The quantitative estimate of drug-likeness (QED) is 0.644. The molecule has 112 valence electrons. The molecule has 2 aromatic rings. The van der Waals surface area contributed by atoms with Crippen LogP contribution >= 0.6 is 11.8 Å². The fraction of sp³-hybridized carbons (Fsp3) is 0.385. The molecule has 0 saturated heterocycles. The van der Waals surface area contributed by atoms with E-state index in [1.807, 2.05) is 6.92 Å². The van der Waals surface area contributed by atoms with E-state index in [9.17, 15) is 9.59 Å². The predicted molar refractivity (Wildman–Crippen MR) is 75.4 cm³/mol. The molecule has 21 heavy (non-hydrogen) atoms. The van der Waals surface area contributed by atoms with Gasteiger partial charge in [-0.15, -0.1) is 0 Å². The number of oxazole rings is 1. The molecule has 0 unspecified atom stereocenters. The molecular formula is C13H15N3O4S. The second-order valence-corrected chi connectivity index (χ2v) is 5.05. The van der Waals surface area contributed by atoms with Crippen LogP contribution in [0, 0.1) is 0 Å². The minimum atomic E-state index is -0.547. The van der Waals surface area contributed by atoms with Gasteiger partial charge in [0.15, 0.2) is 10.9 Å². The van der Waals surface area contributed by atoms with E-state index in [0.29, 0.717) is 10.9 Å². The highest BCUT2D eigenvalue weighted by atomic mass is 32.2. The molecule has 0 bridgehead atoms. The summed E-state index contributed by atoms with van der Waals surface area (Å²) in [6.07, 6.45) is 2.83. The molecule has 0 aliphatic heterocycles. The zero-order valence-electron chi connectivity index (χ0n) is 11.7. The summed E-state index contributed by atoms with van der Waals surface area (Å²) in [6, 6.07) is 1.47. The molecule has 2 aromatic heterocycles. The summed E-state index contributed by atoms with van der Waals surface area (Å²) >= 11 is 1.05. The average Bonchev–Trinajstić information content (AvgIpc) is 2.87. The molecule has 0 radical (unpaired) electrons. The summed E-state index contributed by atoms with van der Waals surface area (Å²) in [5, 5.41) is 0.595. The van der Waals surface area contributed by atoms with E-state index in [2.05, 4.69) is 15.0 Å². The van der Waals surface area contributed by atoms with Gasteiger partial charge in [-0.25, -0.2) is 9.78 Å². The third-order valence-corrected chi connectivity index (χ3v) is 3.18. The van der Waals surface area contributed by atoms with Crippen molar-refractivity contribution in [3.63, 3.8) is 0 Å². The lowest BCUT2D eigenvalue weighted by atomic mass is 10.2. The smallest absolute Gasteiger partial charge is 0.360 e. The Hall–Kier alpha value is -2.09. The molecule has 2 heterocycles. The van der Waals surface area contributed by atoms with Crippen molar-refractivity contribution < 1.29 is 13.9 Å². The molecule has 0 aromatic carbocycles. The number of hydrogen-bond donors (Lipinski definition) is 1. The first-order valence-electron chi connectivity index (χ1n) is 6.53. The molecule has 1 N–H and O–H groups in total. The lowest BCUT2D eigenvalue weighted by Crippen LogP contribution is -2.09. The molecule has 0 spiro atoms. The maximum atomic E-state index is 11.5. The first-order chi connectivity index (χ1) is 10.1. The Morgan fingerprint density at radius 2 is 2.24 bits per heavy atom. The van der Waals surface area contributed by atoms with Gasteiger partial charge in [-0.3, -0.25) is 4.79 Å². The summed E-state index contributed by atoms with van der Waals surface area (Å²) in [7, 11) is 0. The molecule has 2 rings (SSSR count). The Bertz CT molecular complexity index is 680. The number of ether oxygens (including phenoxy) is 1. The molecular weight excluding hydrogens is 294 g/mol. The van der Waals surface area contributed by atoms with E-state index in [0.717, 1.165) is 24.6 Å². The van der Waals surface area contributed by atoms with Gasteiger partial charge in [0.1, 0.15) is 6.26 Å². The fourth-order valence-electron chi connectivity index (χ4n) is 1.60. The molecule has 0 amide bonds. The highest BCUT2D eigenvalue weighted by molar-refractivity contribution is 7.98. The van der Waals surface area contributed by atoms with Gasteiger partial charge in [-0.05, 0) is 13.3 Å². The number of nitrogens with one attached hydrogen (secondary N) is 1. The van der Waals surface area contributed by atoms with Crippen molar-refractivity contribution in [2.45, 2.75) is 37.1 Å². The zero-order chi connectivity index (χ0) is 15.2. The Kier molecular flexibility index (Phi) is 5.15. The van der Waals surface area contributed by atoms with E-state index >= 15 is 0 Å². The summed E-state index contributed by atoms with van der Waals surface area (Å²) < 4.78 is 9.98. The summed E-state index contributed by atoms with van der Waals surface area (Å²) in [6.45, 7) is 3.99. The Morgan fingerprint density at radius 1 is 1.43 bits per heavy atom. The number of carbonyl (C=O) groups is 1. The number of hydrogen-bond acceptors (Lipinski definition) is 7. The third kappa shape index (κ3) is 4.19. The maximum Gasteiger partial charge on any atom is 0.360 e. The van der Waals surface area contributed by atoms with Crippen LogP contribution in [0.25, 0.3) is 0 Å². The second-order valence-electron chi connectivity index (χ2n) is 4.11. The van der Waals surface area contributed by atoms with Gasteiger partial charge in [-0.2, -0.15) is 4.98 Å². The van der Waals surface area contributed by atoms with Crippen molar-refractivity contribution in [1.29, 1.82) is 0 Å².